The normalized spacial score (nSPS) is 18.8. The first-order valence-corrected chi connectivity index (χ1v) is 7.07. The molecular weight excluding hydrogens is 214 g/mol. The van der Waals surface area contributed by atoms with Crippen molar-refractivity contribution < 1.29 is 9.53 Å². The summed E-state index contributed by atoms with van der Waals surface area (Å²) >= 11 is 0. The Morgan fingerprint density at radius 3 is 2.53 bits per heavy atom. The molecule has 17 heavy (non-hydrogen) atoms. The molecule has 0 aromatic carbocycles. The minimum absolute atomic E-state index is 0.0802. The largest absolute Gasteiger partial charge is 0.465 e. The Hall–Kier alpha value is -0.570. The molecule has 3 nitrogen and oxygen atoms in total. The summed E-state index contributed by atoms with van der Waals surface area (Å²) in [5.41, 5.74) is -0.467. The third-order valence-electron chi connectivity index (χ3n) is 3.36. The second-order valence-corrected chi connectivity index (χ2v) is 5.28. The van der Waals surface area contributed by atoms with Gasteiger partial charge in [-0.2, -0.15) is 0 Å². The van der Waals surface area contributed by atoms with Gasteiger partial charge in [-0.1, -0.05) is 32.6 Å². The van der Waals surface area contributed by atoms with E-state index in [0.29, 0.717) is 12.6 Å². The molecular formula is C14H27NO2. The Morgan fingerprint density at radius 2 is 2.00 bits per heavy atom. The fraction of sp³-hybridized carbons (Fsp3) is 0.929. The van der Waals surface area contributed by atoms with E-state index in [0.717, 1.165) is 12.8 Å². The molecule has 0 aromatic rings. The van der Waals surface area contributed by atoms with E-state index in [1.54, 1.807) is 0 Å². The molecule has 0 saturated heterocycles. The van der Waals surface area contributed by atoms with E-state index in [-0.39, 0.29) is 5.97 Å². The van der Waals surface area contributed by atoms with Crippen LogP contribution in [0.2, 0.25) is 0 Å². The van der Waals surface area contributed by atoms with Crippen LogP contribution < -0.4 is 5.32 Å². The molecule has 0 radical (unpaired) electrons. The van der Waals surface area contributed by atoms with Crippen molar-refractivity contribution in [1.82, 2.24) is 5.32 Å². The lowest BCUT2D eigenvalue weighted by molar-refractivity contribution is -0.151. The zero-order valence-electron chi connectivity index (χ0n) is 11.6. The monoisotopic (exact) mass is 241 g/mol. The molecule has 1 N–H and O–H groups in total. The van der Waals surface area contributed by atoms with Gasteiger partial charge in [-0.3, -0.25) is 10.1 Å². The van der Waals surface area contributed by atoms with E-state index in [2.05, 4.69) is 12.2 Å². The minimum Gasteiger partial charge on any atom is -0.465 e. The number of carbonyl (C=O) groups is 1. The molecule has 0 amide bonds. The van der Waals surface area contributed by atoms with Gasteiger partial charge >= 0.3 is 5.97 Å². The maximum Gasteiger partial charge on any atom is 0.326 e. The Labute approximate surface area is 105 Å². The third-order valence-corrected chi connectivity index (χ3v) is 3.36. The zero-order valence-corrected chi connectivity index (χ0v) is 11.6. The van der Waals surface area contributed by atoms with E-state index < -0.39 is 5.54 Å². The van der Waals surface area contributed by atoms with Crippen LogP contribution in [0.15, 0.2) is 0 Å². The fourth-order valence-corrected chi connectivity index (χ4v) is 2.11. The quantitative estimate of drug-likeness (QED) is 0.498. The van der Waals surface area contributed by atoms with Gasteiger partial charge < -0.3 is 4.74 Å². The Kier molecular flexibility index (Phi) is 5.96. The van der Waals surface area contributed by atoms with Crippen LogP contribution in [-0.4, -0.2) is 24.2 Å². The number of esters is 1. The molecule has 0 aromatic heterocycles. The number of unbranched alkanes of at least 4 members (excludes halogenated alkanes) is 3. The van der Waals surface area contributed by atoms with Crippen molar-refractivity contribution in [1.29, 1.82) is 0 Å². The van der Waals surface area contributed by atoms with Gasteiger partial charge in [0.2, 0.25) is 0 Å². The smallest absolute Gasteiger partial charge is 0.326 e. The zero-order chi connectivity index (χ0) is 12.7. The summed E-state index contributed by atoms with van der Waals surface area (Å²) in [6, 6.07) is 0.538. The molecule has 1 fully saturated rings. The highest BCUT2D eigenvalue weighted by Crippen LogP contribution is 2.26. The van der Waals surface area contributed by atoms with Crippen molar-refractivity contribution in [3.63, 3.8) is 0 Å². The van der Waals surface area contributed by atoms with E-state index in [1.165, 1.54) is 32.1 Å². The summed E-state index contributed by atoms with van der Waals surface area (Å²) < 4.78 is 5.19. The Balaban J connectivity index is 2.41. The molecule has 1 aliphatic rings. The summed E-state index contributed by atoms with van der Waals surface area (Å²) in [5.74, 6) is -0.0802. The van der Waals surface area contributed by atoms with Gasteiger partial charge in [0.15, 0.2) is 0 Å². The number of hydrogen-bond acceptors (Lipinski definition) is 3. The first-order chi connectivity index (χ1) is 8.12. The minimum atomic E-state index is -0.467. The third kappa shape index (κ3) is 5.07. The lowest BCUT2D eigenvalue weighted by Gasteiger charge is -2.28. The highest BCUT2D eigenvalue weighted by Gasteiger charge is 2.38. The van der Waals surface area contributed by atoms with E-state index in [9.17, 15) is 4.79 Å². The van der Waals surface area contributed by atoms with E-state index in [4.69, 9.17) is 4.74 Å². The molecule has 0 bridgehead atoms. The van der Waals surface area contributed by atoms with Gasteiger partial charge in [0.05, 0.1) is 6.61 Å². The van der Waals surface area contributed by atoms with Crippen molar-refractivity contribution in [3.05, 3.63) is 0 Å². The van der Waals surface area contributed by atoms with Gasteiger partial charge in [-0.25, -0.2) is 0 Å². The Bertz CT molecular complexity index is 238. The highest BCUT2D eigenvalue weighted by atomic mass is 16.5. The highest BCUT2D eigenvalue weighted by molar-refractivity contribution is 5.80. The van der Waals surface area contributed by atoms with Crippen LogP contribution >= 0.6 is 0 Å². The lowest BCUT2D eigenvalue weighted by Crippen LogP contribution is -2.51. The SMILES string of the molecule is CCCCCCC(C)(NC1CC1)C(=O)OCC. The van der Waals surface area contributed by atoms with Crippen LogP contribution in [0.1, 0.15) is 65.7 Å². The fourth-order valence-electron chi connectivity index (χ4n) is 2.11. The van der Waals surface area contributed by atoms with Crippen LogP contribution in [0.3, 0.4) is 0 Å². The van der Waals surface area contributed by atoms with Gasteiger partial charge in [0, 0.05) is 6.04 Å². The summed E-state index contributed by atoms with van der Waals surface area (Å²) in [7, 11) is 0. The number of carbonyl (C=O) groups excluding carboxylic acids is 1. The van der Waals surface area contributed by atoms with Crippen LogP contribution in [0.4, 0.5) is 0 Å². The van der Waals surface area contributed by atoms with Gasteiger partial charge in [-0.05, 0) is 33.1 Å². The summed E-state index contributed by atoms with van der Waals surface area (Å²) in [4.78, 5) is 12.0. The van der Waals surface area contributed by atoms with Crippen LogP contribution in [0.25, 0.3) is 0 Å². The average molecular weight is 241 g/mol. The first-order valence-electron chi connectivity index (χ1n) is 7.07. The predicted molar refractivity (Wildman–Crippen MR) is 70.0 cm³/mol. The molecule has 1 saturated carbocycles. The summed E-state index contributed by atoms with van der Waals surface area (Å²) in [5, 5.41) is 3.45. The molecule has 1 rings (SSSR count). The molecule has 0 aliphatic heterocycles. The van der Waals surface area contributed by atoms with Gasteiger partial charge in [0.1, 0.15) is 5.54 Å². The second-order valence-electron chi connectivity index (χ2n) is 5.28. The molecule has 0 spiro atoms. The average Bonchev–Trinajstić information content (AvgIpc) is 3.08. The van der Waals surface area contributed by atoms with Crippen molar-refractivity contribution in [3.8, 4) is 0 Å². The van der Waals surface area contributed by atoms with Crippen LogP contribution in [0, 0.1) is 0 Å². The maximum atomic E-state index is 12.0. The lowest BCUT2D eigenvalue weighted by atomic mass is 9.94. The number of nitrogens with one attached hydrogen (secondary N) is 1. The van der Waals surface area contributed by atoms with Crippen LogP contribution in [-0.2, 0) is 9.53 Å². The van der Waals surface area contributed by atoms with E-state index in [1.807, 2.05) is 13.8 Å². The van der Waals surface area contributed by atoms with Crippen molar-refractivity contribution in [2.24, 2.45) is 0 Å². The van der Waals surface area contributed by atoms with Gasteiger partial charge in [0.25, 0.3) is 0 Å². The molecule has 0 heterocycles. The second kappa shape index (κ2) is 7.00. The summed E-state index contributed by atoms with van der Waals surface area (Å²) in [6.45, 7) is 6.53. The summed E-state index contributed by atoms with van der Waals surface area (Å²) in [6.07, 6.45) is 8.07. The molecule has 1 atom stereocenters. The van der Waals surface area contributed by atoms with Crippen molar-refractivity contribution in [2.75, 3.05) is 6.61 Å². The number of rotatable bonds is 9. The topological polar surface area (TPSA) is 38.3 Å². The molecule has 3 heteroatoms. The predicted octanol–water partition coefficient (Wildman–Crippen LogP) is 3.03. The van der Waals surface area contributed by atoms with E-state index >= 15 is 0 Å². The van der Waals surface area contributed by atoms with Crippen molar-refractivity contribution in [2.45, 2.75) is 77.3 Å². The first kappa shape index (κ1) is 14.5. The molecule has 1 aliphatic carbocycles. The van der Waals surface area contributed by atoms with Gasteiger partial charge in [-0.15, -0.1) is 0 Å². The standard InChI is InChI=1S/C14H27NO2/c1-4-6-7-8-11-14(3,13(16)17-5-2)15-12-9-10-12/h12,15H,4-11H2,1-3H3. The maximum absolute atomic E-state index is 12.0. The molecule has 1 unspecified atom stereocenters. The Morgan fingerprint density at radius 1 is 1.29 bits per heavy atom. The molecule has 100 valence electrons. The number of ether oxygens (including phenoxy) is 1. The number of hydrogen-bond donors (Lipinski definition) is 1. The van der Waals surface area contributed by atoms with Crippen molar-refractivity contribution >= 4 is 5.97 Å². The van der Waals surface area contributed by atoms with Crippen LogP contribution in [0.5, 0.6) is 0 Å².